The average Bonchev–Trinajstić information content (AvgIpc) is 2.48. The maximum absolute atomic E-state index is 11.7. The Labute approximate surface area is 118 Å². The van der Waals surface area contributed by atoms with Gasteiger partial charge in [-0.05, 0) is 31.7 Å². The van der Waals surface area contributed by atoms with Crippen LogP contribution >= 0.6 is 0 Å². The molecule has 2 rings (SSSR count). The quantitative estimate of drug-likeness (QED) is 0.868. The van der Waals surface area contributed by atoms with E-state index in [1.54, 1.807) is 10.9 Å². The third kappa shape index (κ3) is 3.45. The van der Waals surface area contributed by atoms with E-state index in [9.17, 15) is 4.79 Å². The molecule has 20 heavy (non-hydrogen) atoms. The molecule has 106 valence electrons. The third-order valence-electron chi connectivity index (χ3n) is 3.11. The van der Waals surface area contributed by atoms with Crippen molar-refractivity contribution in [3.63, 3.8) is 0 Å². The first-order valence-corrected chi connectivity index (χ1v) is 6.65. The summed E-state index contributed by atoms with van der Waals surface area (Å²) in [6, 6.07) is 9.41. The smallest absolute Gasteiger partial charge is 0.253 e. The van der Waals surface area contributed by atoms with Gasteiger partial charge in [-0.3, -0.25) is 9.36 Å². The minimum Gasteiger partial charge on any atom is -0.494 e. The summed E-state index contributed by atoms with van der Waals surface area (Å²) in [7, 11) is 1.88. The van der Waals surface area contributed by atoms with Gasteiger partial charge < -0.3 is 10.1 Å². The summed E-state index contributed by atoms with van der Waals surface area (Å²) in [5, 5.41) is 3.22. The summed E-state index contributed by atoms with van der Waals surface area (Å²) in [6.07, 6.45) is 3.06. The molecule has 5 nitrogen and oxygen atoms in total. The lowest BCUT2D eigenvalue weighted by Gasteiger charge is -2.18. The van der Waals surface area contributed by atoms with E-state index in [-0.39, 0.29) is 11.6 Å². The van der Waals surface area contributed by atoms with Crippen molar-refractivity contribution in [2.24, 2.45) is 0 Å². The van der Waals surface area contributed by atoms with Crippen molar-refractivity contribution < 1.29 is 4.74 Å². The number of ether oxygens (including phenoxy) is 1. The molecule has 0 saturated heterocycles. The van der Waals surface area contributed by atoms with E-state index in [0.717, 1.165) is 11.3 Å². The van der Waals surface area contributed by atoms with Crippen LogP contribution in [-0.2, 0) is 6.54 Å². The highest BCUT2D eigenvalue weighted by Crippen LogP contribution is 2.18. The number of likely N-dealkylation sites (N-methyl/N-ethyl adjacent to an activating group) is 1. The van der Waals surface area contributed by atoms with E-state index in [4.69, 9.17) is 4.74 Å². The normalized spacial score (nSPS) is 12.1. The Hall–Kier alpha value is -2.14. The highest BCUT2D eigenvalue weighted by molar-refractivity contribution is 5.29. The topological polar surface area (TPSA) is 56.2 Å². The number of rotatable bonds is 6. The van der Waals surface area contributed by atoms with Crippen LogP contribution in [0.3, 0.4) is 0 Å². The molecule has 5 heteroatoms. The van der Waals surface area contributed by atoms with Crippen LogP contribution < -0.4 is 15.6 Å². The Bertz CT molecular complexity index is 593. The number of nitrogens with one attached hydrogen (secondary N) is 1. The van der Waals surface area contributed by atoms with Crippen LogP contribution in [0.25, 0.3) is 0 Å². The van der Waals surface area contributed by atoms with Gasteiger partial charge in [0.25, 0.3) is 5.56 Å². The van der Waals surface area contributed by atoms with Crippen LogP contribution in [0.4, 0.5) is 0 Å². The number of aromatic nitrogens is 2. The van der Waals surface area contributed by atoms with Gasteiger partial charge in [-0.1, -0.05) is 12.1 Å². The molecule has 0 aliphatic heterocycles. The molecule has 1 aromatic carbocycles. The summed E-state index contributed by atoms with van der Waals surface area (Å²) >= 11 is 0. The van der Waals surface area contributed by atoms with Gasteiger partial charge in [-0.15, -0.1) is 0 Å². The van der Waals surface area contributed by atoms with Crippen molar-refractivity contribution in [1.82, 2.24) is 14.9 Å². The summed E-state index contributed by atoms with van der Waals surface area (Å²) in [5.74, 6) is 0.852. The Kier molecular flexibility index (Phi) is 4.90. The standard InChI is InChI=1S/C15H19N3O2/c1-3-20-13-6-4-12(5-7-13)14(16-2)10-18-11-17-9-8-15(18)19/h4-9,11,14,16H,3,10H2,1-2H3. The lowest BCUT2D eigenvalue weighted by Crippen LogP contribution is -2.28. The molecule has 1 heterocycles. The van der Waals surface area contributed by atoms with Gasteiger partial charge in [-0.2, -0.15) is 0 Å². The number of hydrogen-bond acceptors (Lipinski definition) is 4. The third-order valence-corrected chi connectivity index (χ3v) is 3.11. The van der Waals surface area contributed by atoms with E-state index < -0.39 is 0 Å². The van der Waals surface area contributed by atoms with E-state index in [1.807, 2.05) is 38.2 Å². The Morgan fingerprint density at radius 1 is 1.30 bits per heavy atom. The number of benzene rings is 1. The van der Waals surface area contributed by atoms with Crippen LogP contribution in [0.5, 0.6) is 5.75 Å². The first-order chi connectivity index (χ1) is 9.74. The Morgan fingerprint density at radius 3 is 2.65 bits per heavy atom. The van der Waals surface area contributed by atoms with Gasteiger partial charge in [0.15, 0.2) is 0 Å². The largest absolute Gasteiger partial charge is 0.494 e. The molecule has 1 atom stereocenters. The van der Waals surface area contributed by atoms with E-state index >= 15 is 0 Å². The minimum atomic E-state index is -0.0498. The predicted octanol–water partition coefficient (Wildman–Crippen LogP) is 1.60. The average molecular weight is 273 g/mol. The van der Waals surface area contributed by atoms with Gasteiger partial charge in [0.05, 0.1) is 19.0 Å². The summed E-state index contributed by atoms with van der Waals surface area (Å²) < 4.78 is 7.02. The monoisotopic (exact) mass is 273 g/mol. The highest BCUT2D eigenvalue weighted by Gasteiger charge is 2.10. The molecular weight excluding hydrogens is 254 g/mol. The molecule has 0 aliphatic rings. The zero-order chi connectivity index (χ0) is 14.4. The van der Waals surface area contributed by atoms with Gasteiger partial charge in [0.2, 0.25) is 0 Å². The minimum absolute atomic E-state index is 0.0487. The number of nitrogens with zero attached hydrogens (tertiary/aromatic N) is 2. The molecule has 0 spiro atoms. The Balaban J connectivity index is 2.16. The first-order valence-electron chi connectivity index (χ1n) is 6.65. The van der Waals surface area contributed by atoms with Crippen LogP contribution in [0.2, 0.25) is 0 Å². The van der Waals surface area contributed by atoms with Gasteiger partial charge >= 0.3 is 0 Å². The molecule has 0 bridgehead atoms. The second-order valence-corrected chi connectivity index (χ2v) is 4.41. The predicted molar refractivity (Wildman–Crippen MR) is 77.9 cm³/mol. The second-order valence-electron chi connectivity index (χ2n) is 4.41. The van der Waals surface area contributed by atoms with Crippen molar-refractivity contribution in [2.75, 3.05) is 13.7 Å². The molecule has 0 fully saturated rings. The maximum atomic E-state index is 11.7. The molecule has 1 aromatic heterocycles. The van der Waals surface area contributed by atoms with E-state index in [2.05, 4.69) is 10.3 Å². The summed E-state index contributed by atoms with van der Waals surface area (Å²) in [6.45, 7) is 3.15. The van der Waals surface area contributed by atoms with Crippen molar-refractivity contribution in [2.45, 2.75) is 19.5 Å². The fourth-order valence-corrected chi connectivity index (χ4v) is 2.04. The van der Waals surface area contributed by atoms with E-state index in [1.165, 1.54) is 12.3 Å². The highest BCUT2D eigenvalue weighted by atomic mass is 16.5. The molecule has 0 aliphatic carbocycles. The fourth-order valence-electron chi connectivity index (χ4n) is 2.04. The van der Waals surface area contributed by atoms with Crippen LogP contribution in [-0.4, -0.2) is 23.2 Å². The molecule has 2 aromatic rings. The molecule has 1 N–H and O–H groups in total. The van der Waals surface area contributed by atoms with Crippen LogP contribution in [0.15, 0.2) is 47.7 Å². The molecule has 0 saturated carbocycles. The molecule has 0 amide bonds. The van der Waals surface area contributed by atoms with Crippen LogP contribution in [0.1, 0.15) is 18.5 Å². The van der Waals surface area contributed by atoms with Gasteiger partial charge in [0, 0.05) is 18.8 Å². The van der Waals surface area contributed by atoms with E-state index in [0.29, 0.717) is 13.2 Å². The van der Waals surface area contributed by atoms with Gasteiger partial charge in [0.1, 0.15) is 5.75 Å². The zero-order valence-electron chi connectivity index (χ0n) is 11.7. The molecule has 1 unspecified atom stereocenters. The first kappa shape index (κ1) is 14.3. The van der Waals surface area contributed by atoms with Crippen molar-refractivity contribution in [3.05, 3.63) is 58.8 Å². The lowest BCUT2D eigenvalue weighted by atomic mass is 10.1. The second kappa shape index (κ2) is 6.86. The lowest BCUT2D eigenvalue weighted by molar-refractivity contribution is 0.340. The van der Waals surface area contributed by atoms with Crippen molar-refractivity contribution in [3.8, 4) is 5.75 Å². The fraction of sp³-hybridized carbons (Fsp3) is 0.333. The SMILES string of the molecule is CCOc1ccc(C(Cn2cnccc2=O)NC)cc1. The summed E-state index contributed by atoms with van der Waals surface area (Å²) in [4.78, 5) is 15.7. The number of hydrogen-bond donors (Lipinski definition) is 1. The maximum Gasteiger partial charge on any atom is 0.253 e. The van der Waals surface area contributed by atoms with Gasteiger partial charge in [-0.25, -0.2) is 4.98 Å². The summed E-state index contributed by atoms with van der Waals surface area (Å²) in [5.41, 5.74) is 1.05. The molecular formula is C15H19N3O2. The molecule has 0 radical (unpaired) electrons. The zero-order valence-corrected chi connectivity index (χ0v) is 11.7. The van der Waals surface area contributed by atoms with Crippen LogP contribution in [0, 0.1) is 0 Å². The Morgan fingerprint density at radius 2 is 2.05 bits per heavy atom. The van der Waals surface area contributed by atoms with Crippen molar-refractivity contribution >= 4 is 0 Å². The van der Waals surface area contributed by atoms with Crippen molar-refractivity contribution in [1.29, 1.82) is 0 Å².